The fourth-order valence-electron chi connectivity index (χ4n) is 2.08. The lowest BCUT2D eigenvalue weighted by molar-refractivity contribution is 0.102. The number of amides is 1. The van der Waals surface area contributed by atoms with Crippen LogP contribution < -0.4 is 14.8 Å². The molecule has 0 aliphatic carbocycles. The maximum Gasteiger partial charge on any atom is 0.255 e. The van der Waals surface area contributed by atoms with Crippen molar-refractivity contribution in [3.8, 4) is 5.75 Å². The van der Waals surface area contributed by atoms with Crippen molar-refractivity contribution in [1.82, 2.24) is 4.72 Å². The fraction of sp³-hybridized carbons (Fsp3) is 0.188. The van der Waals surface area contributed by atoms with Crippen molar-refractivity contribution in [2.24, 2.45) is 0 Å². The minimum absolute atomic E-state index is 0.0268. The number of carbonyl (C=O) groups is 1. The van der Waals surface area contributed by atoms with Crippen molar-refractivity contribution in [2.75, 3.05) is 19.0 Å². The average molecular weight is 370 g/mol. The van der Waals surface area contributed by atoms with Gasteiger partial charge < -0.3 is 10.1 Å². The maximum absolute atomic E-state index is 13.6. The second-order valence-corrected chi connectivity index (χ2v) is 6.68. The molecule has 0 fully saturated rings. The Kier molecular flexibility index (Phi) is 5.70. The molecule has 2 N–H and O–H groups in total. The number of halogens is 2. The lowest BCUT2D eigenvalue weighted by Gasteiger charge is -2.12. The van der Waals surface area contributed by atoms with Gasteiger partial charge in [-0.2, -0.15) is 0 Å². The van der Waals surface area contributed by atoms with Crippen molar-refractivity contribution >= 4 is 21.6 Å². The molecule has 0 aliphatic rings. The topological polar surface area (TPSA) is 84.5 Å². The van der Waals surface area contributed by atoms with Crippen LogP contribution in [0.1, 0.15) is 17.3 Å². The zero-order valence-corrected chi connectivity index (χ0v) is 14.3. The van der Waals surface area contributed by atoms with Gasteiger partial charge in [-0.25, -0.2) is 21.9 Å². The van der Waals surface area contributed by atoms with E-state index in [1.807, 2.05) is 0 Å². The van der Waals surface area contributed by atoms with Crippen molar-refractivity contribution in [3.05, 3.63) is 53.6 Å². The van der Waals surface area contributed by atoms with E-state index in [0.29, 0.717) is 6.07 Å². The molecule has 6 nitrogen and oxygen atoms in total. The molecule has 0 saturated heterocycles. The number of hydrogen-bond acceptors (Lipinski definition) is 4. The fourth-order valence-corrected chi connectivity index (χ4v) is 3.31. The third-order valence-electron chi connectivity index (χ3n) is 3.23. The summed E-state index contributed by atoms with van der Waals surface area (Å²) in [6.45, 7) is 1.76. The molecule has 0 saturated carbocycles. The summed E-state index contributed by atoms with van der Waals surface area (Å²) in [6.07, 6.45) is 0. The van der Waals surface area contributed by atoms with Crippen LogP contribution in [0, 0.1) is 11.6 Å². The van der Waals surface area contributed by atoms with E-state index in [0.717, 1.165) is 18.2 Å². The molecule has 0 bridgehead atoms. The highest BCUT2D eigenvalue weighted by Gasteiger charge is 2.21. The van der Waals surface area contributed by atoms with Crippen molar-refractivity contribution in [2.45, 2.75) is 11.8 Å². The molecule has 1 amide bonds. The summed E-state index contributed by atoms with van der Waals surface area (Å²) < 4.78 is 58.3. The summed E-state index contributed by atoms with van der Waals surface area (Å²) in [4.78, 5) is 12.0. The predicted molar refractivity (Wildman–Crippen MR) is 88.2 cm³/mol. The molecule has 2 aromatic carbocycles. The molecule has 0 unspecified atom stereocenters. The van der Waals surface area contributed by atoms with Crippen LogP contribution in [-0.2, 0) is 10.0 Å². The van der Waals surface area contributed by atoms with Crippen LogP contribution in [0.2, 0.25) is 0 Å². The van der Waals surface area contributed by atoms with Crippen LogP contribution in [0.4, 0.5) is 14.5 Å². The lowest BCUT2D eigenvalue weighted by atomic mass is 10.2. The molecule has 0 aromatic heterocycles. The van der Waals surface area contributed by atoms with Gasteiger partial charge in [0.2, 0.25) is 10.0 Å². The van der Waals surface area contributed by atoms with Crippen LogP contribution in [0.15, 0.2) is 41.3 Å². The minimum Gasteiger partial charge on any atom is -0.495 e. The number of benzene rings is 2. The highest BCUT2D eigenvalue weighted by atomic mass is 32.2. The van der Waals surface area contributed by atoms with E-state index in [1.165, 1.54) is 19.2 Å². The van der Waals surface area contributed by atoms with Gasteiger partial charge in [0, 0.05) is 18.2 Å². The monoisotopic (exact) mass is 370 g/mol. The van der Waals surface area contributed by atoms with E-state index in [9.17, 15) is 22.0 Å². The molecule has 0 spiro atoms. The number of sulfonamides is 1. The summed E-state index contributed by atoms with van der Waals surface area (Å²) in [5.41, 5.74) is -0.251. The quantitative estimate of drug-likeness (QED) is 0.818. The lowest BCUT2D eigenvalue weighted by Crippen LogP contribution is -2.24. The Morgan fingerprint density at radius 1 is 1.16 bits per heavy atom. The van der Waals surface area contributed by atoms with E-state index in [4.69, 9.17) is 4.74 Å². The van der Waals surface area contributed by atoms with Crippen LogP contribution in [0.3, 0.4) is 0 Å². The van der Waals surface area contributed by atoms with E-state index >= 15 is 0 Å². The number of ether oxygens (including phenoxy) is 1. The number of methoxy groups -OCH3 is 1. The van der Waals surface area contributed by atoms with Crippen LogP contribution in [0.5, 0.6) is 5.75 Å². The Balaban J connectivity index is 2.37. The standard InChI is InChI=1S/C16H16F2N2O4S/c1-3-19-25(22,23)15-8-10(4-7-14(15)24-2)16(21)20-13-6-5-11(17)9-12(13)18/h4-9,19H,3H2,1-2H3,(H,20,21). The number of nitrogens with one attached hydrogen (secondary N) is 2. The summed E-state index contributed by atoms with van der Waals surface area (Å²) in [6, 6.07) is 6.47. The summed E-state index contributed by atoms with van der Waals surface area (Å²) in [5.74, 6) is -2.41. The van der Waals surface area contributed by atoms with Gasteiger partial charge in [-0.3, -0.25) is 4.79 Å². The first kappa shape index (κ1) is 18.8. The van der Waals surface area contributed by atoms with Crippen molar-refractivity contribution < 1.29 is 26.7 Å². The third-order valence-corrected chi connectivity index (χ3v) is 4.80. The van der Waals surface area contributed by atoms with Crippen LogP contribution >= 0.6 is 0 Å². The van der Waals surface area contributed by atoms with E-state index < -0.39 is 27.6 Å². The van der Waals surface area contributed by atoms with Gasteiger partial charge in [0.05, 0.1) is 12.8 Å². The van der Waals surface area contributed by atoms with Crippen LogP contribution in [-0.4, -0.2) is 28.0 Å². The molecule has 0 radical (unpaired) electrons. The molecule has 134 valence electrons. The van der Waals surface area contributed by atoms with E-state index in [2.05, 4.69) is 10.0 Å². The molecule has 0 atom stereocenters. The first-order valence-electron chi connectivity index (χ1n) is 7.22. The van der Waals surface area contributed by atoms with Gasteiger partial charge in [-0.05, 0) is 30.3 Å². The Bertz CT molecular complexity index is 901. The Morgan fingerprint density at radius 3 is 2.48 bits per heavy atom. The van der Waals surface area contributed by atoms with E-state index in [1.54, 1.807) is 6.92 Å². The molecular weight excluding hydrogens is 354 g/mol. The molecule has 0 aliphatic heterocycles. The SMILES string of the molecule is CCNS(=O)(=O)c1cc(C(=O)Nc2ccc(F)cc2F)ccc1OC. The zero-order valence-electron chi connectivity index (χ0n) is 13.5. The number of carbonyl (C=O) groups excluding carboxylic acids is 1. The van der Waals surface area contributed by atoms with Gasteiger partial charge in [0.15, 0.2) is 0 Å². The first-order valence-corrected chi connectivity index (χ1v) is 8.71. The molecule has 25 heavy (non-hydrogen) atoms. The highest BCUT2D eigenvalue weighted by molar-refractivity contribution is 7.89. The third kappa shape index (κ3) is 4.31. The normalized spacial score (nSPS) is 11.2. The summed E-state index contributed by atoms with van der Waals surface area (Å²) in [7, 11) is -2.57. The number of anilines is 1. The molecule has 2 rings (SSSR count). The molecule has 0 heterocycles. The predicted octanol–water partition coefficient (Wildman–Crippen LogP) is 2.52. The molecular formula is C16H16F2N2O4S. The van der Waals surface area contributed by atoms with Crippen LogP contribution in [0.25, 0.3) is 0 Å². The summed E-state index contributed by atoms with van der Waals surface area (Å²) >= 11 is 0. The summed E-state index contributed by atoms with van der Waals surface area (Å²) in [5, 5.41) is 2.27. The number of hydrogen-bond donors (Lipinski definition) is 2. The first-order chi connectivity index (χ1) is 11.8. The largest absolute Gasteiger partial charge is 0.495 e. The second kappa shape index (κ2) is 7.58. The second-order valence-electron chi connectivity index (χ2n) is 4.95. The molecule has 9 heteroatoms. The van der Waals surface area contributed by atoms with Gasteiger partial charge in [-0.1, -0.05) is 6.92 Å². The molecule has 2 aromatic rings. The Morgan fingerprint density at radius 2 is 1.88 bits per heavy atom. The van der Waals surface area contributed by atoms with Crippen molar-refractivity contribution in [3.63, 3.8) is 0 Å². The highest BCUT2D eigenvalue weighted by Crippen LogP contribution is 2.25. The smallest absolute Gasteiger partial charge is 0.255 e. The zero-order chi connectivity index (χ0) is 18.6. The van der Waals surface area contributed by atoms with Gasteiger partial charge in [-0.15, -0.1) is 0 Å². The Labute approximate surface area is 143 Å². The Hall–Kier alpha value is -2.52. The maximum atomic E-state index is 13.6. The van der Waals surface area contributed by atoms with Gasteiger partial charge in [0.25, 0.3) is 5.91 Å². The minimum atomic E-state index is -3.87. The van der Waals surface area contributed by atoms with E-state index in [-0.39, 0.29) is 28.4 Å². The van der Waals surface area contributed by atoms with Crippen molar-refractivity contribution in [1.29, 1.82) is 0 Å². The van der Waals surface area contributed by atoms with Gasteiger partial charge in [0.1, 0.15) is 22.3 Å². The average Bonchev–Trinajstić information content (AvgIpc) is 2.56. The van der Waals surface area contributed by atoms with Gasteiger partial charge >= 0.3 is 0 Å². The number of rotatable bonds is 6.